The summed E-state index contributed by atoms with van der Waals surface area (Å²) in [6.07, 6.45) is 4.88. The van der Waals surface area contributed by atoms with Crippen LogP contribution in [0.1, 0.15) is 31.5 Å². The second kappa shape index (κ2) is 12.6. The predicted octanol–water partition coefficient (Wildman–Crippen LogP) is 0.845. The number of hydrogen-bond acceptors (Lipinski definition) is 5. The van der Waals surface area contributed by atoms with Crippen LogP contribution in [0.5, 0.6) is 0 Å². The average molecular weight is 541 g/mol. The number of nitrogens with two attached hydrogens (primary N) is 2. The number of amides is 3. The maximum atomic E-state index is 12.8. The highest BCUT2D eigenvalue weighted by atomic mass is 35.5. The van der Waals surface area contributed by atoms with Gasteiger partial charge in [-0.2, -0.15) is 0 Å². The van der Waals surface area contributed by atoms with Gasteiger partial charge in [0, 0.05) is 52.8 Å². The summed E-state index contributed by atoms with van der Waals surface area (Å²) in [5.74, 6) is -1.27. The third-order valence-electron chi connectivity index (χ3n) is 4.98. The second-order valence-corrected chi connectivity index (χ2v) is 7.72. The van der Waals surface area contributed by atoms with E-state index in [1.807, 2.05) is 0 Å². The molecule has 0 saturated carbocycles. The Morgan fingerprint density at radius 3 is 1.61 bits per heavy atom. The van der Waals surface area contributed by atoms with Gasteiger partial charge < -0.3 is 46.4 Å². The van der Waals surface area contributed by atoms with Crippen LogP contribution in [0.3, 0.4) is 0 Å². The molecule has 9 N–H and O–H groups in total. The molecule has 3 aromatic heterocycles. The molecule has 0 atom stereocenters. The number of hydrogen-bond donors (Lipinski definition) is 7. The van der Waals surface area contributed by atoms with Gasteiger partial charge >= 0.3 is 0 Å². The van der Waals surface area contributed by atoms with E-state index in [4.69, 9.17) is 16.9 Å². The largest absolute Gasteiger partial charge is 0.397 e. The molecule has 3 rings (SSSR count). The normalized spacial score (nSPS) is 9.97. The number of halogens is 2. The summed E-state index contributed by atoms with van der Waals surface area (Å²) in [5.41, 5.74) is 13.3. The zero-order chi connectivity index (χ0) is 25.0. The van der Waals surface area contributed by atoms with Crippen molar-refractivity contribution < 1.29 is 14.4 Å². The maximum Gasteiger partial charge on any atom is 0.272 e. The van der Waals surface area contributed by atoms with Crippen LogP contribution in [0.25, 0.3) is 0 Å². The number of carbonyl (C=O) groups is 3. The number of nitrogens with one attached hydrogen (secondary N) is 5. The Kier molecular flexibility index (Phi) is 10.4. The quantitative estimate of drug-likeness (QED) is 0.126. The van der Waals surface area contributed by atoms with Crippen molar-refractivity contribution in [1.29, 1.82) is 5.41 Å². The van der Waals surface area contributed by atoms with Gasteiger partial charge in [-0.3, -0.25) is 19.8 Å². The minimum atomic E-state index is -0.408. The van der Waals surface area contributed by atoms with Crippen LogP contribution < -0.4 is 32.7 Å². The molecule has 0 unspecified atom stereocenters. The molecule has 0 aliphatic carbocycles. The predicted molar refractivity (Wildman–Crippen MR) is 143 cm³/mol. The number of aryl methyl sites for hydroxylation is 3. The van der Waals surface area contributed by atoms with Gasteiger partial charge in [-0.1, -0.05) is 0 Å². The summed E-state index contributed by atoms with van der Waals surface area (Å²) in [5, 5.41) is 17.9. The Labute approximate surface area is 219 Å². The van der Waals surface area contributed by atoms with Crippen molar-refractivity contribution in [2.45, 2.75) is 0 Å². The van der Waals surface area contributed by atoms with Crippen molar-refractivity contribution in [2.24, 2.45) is 26.9 Å². The van der Waals surface area contributed by atoms with E-state index >= 15 is 0 Å². The molecule has 0 aliphatic rings. The molecule has 0 bridgehead atoms. The molecule has 196 valence electrons. The molecule has 0 spiro atoms. The highest BCUT2D eigenvalue weighted by Crippen LogP contribution is 2.19. The lowest BCUT2D eigenvalue weighted by Crippen LogP contribution is -2.38. The molecule has 15 heteroatoms. The first-order valence-electron chi connectivity index (χ1n) is 10.3. The SMILES string of the molecule is Cl.Cl.Cn1cc(NC(=O)c2cc(NC(=O)c3cc(N)cn3C)cn2C)cc1C(=O)NCCNC(=N)N. The molecule has 13 nitrogen and oxygen atoms in total. The average Bonchev–Trinajstić information content (AvgIpc) is 3.41. The number of anilines is 3. The standard InChI is InChI=1S/C21H28N10O3.2ClH/c1-29-9-12(22)6-15(29)19(33)27-14-8-17(31(3)11-14)20(34)28-13-7-16(30(2)10-13)18(32)25-4-5-26-21(23)24;;/h6-11H,4-5,22H2,1-3H3,(H,25,32)(H,27,33)(H,28,34)(H4,23,24,26);2*1H. The number of nitrogens with zero attached hydrogens (tertiary/aromatic N) is 3. The van der Waals surface area contributed by atoms with Crippen LogP contribution in [0.15, 0.2) is 36.8 Å². The first-order valence-corrected chi connectivity index (χ1v) is 10.3. The van der Waals surface area contributed by atoms with E-state index in [-0.39, 0.29) is 49.1 Å². The minimum Gasteiger partial charge on any atom is -0.397 e. The van der Waals surface area contributed by atoms with E-state index in [1.54, 1.807) is 71.6 Å². The zero-order valence-corrected chi connectivity index (χ0v) is 21.5. The van der Waals surface area contributed by atoms with E-state index in [2.05, 4.69) is 21.3 Å². The molecule has 3 amide bonds. The molecular formula is C21H30Cl2N10O3. The molecule has 0 saturated heterocycles. The van der Waals surface area contributed by atoms with Crippen LogP contribution in [0.2, 0.25) is 0 Å². The first-order chi connectivity index (χ1) is 16.0. The topological polar surface area (TPSA) is 190 Å². The monoisotopic (exact) mass is 540 g/mol. The smallest absolute Gasteiger partial charge is 0.272 e. The van der Waals surface area contributed by atoms with E-state index in [0.29, 0.717) is 40.7 Å². The van der Waals surface area contributed by atoms with Gasteiger partial charge in [0.25, 0.3) is 17.7 Å². The fraction of sp³-hybridized carbons (Fsp3) is 0.238. The van der Waals surface area contributed by atoms with Crippen LogP contribution in [0.4, 0.5) is 17.1 Å². The van der Waals surface area contributed by atoms with Gasteiger partial charge in [-0.15, -0.1) is 24.8 Å². The van der Waals surface area contributed by atoms with Crippen molar-refractivity contribution in [3.63, 3.8) is 0 Å². The Hall–Kier alpha value is -4.10. The molecule has 0 aromatic carbocycles. The van der Waals surface area contributed by atoms with E-state index in [0.717, 1.165) is 0 Å². The van der Waals surface area contributed by atoms with Crippen LogP contribution in [0, 0.1) is 5.41 Å². The van der Waals surface area contributed by atoms with Crippen LogP contribution >= 0.6 is 24.8 Å². The zero-order valence-electron chi connectivity index (χ0n) is 19.9. The Balaban J connectivity index is 0.00000324. The summed E-state index contributed by atoms with van der Waals surface area (Å²) in [6.45, 7) is 0.595. The number of aromatic nitrogens is 3. The van der Waals surface area contributed by atoms with Gasteiger partial charge in [0.2, 0.25) is 0 Å². The number of rotatable bonds is 8. The highest BCUT2D eigenvalue weighted by molar-refractivity contribution is 6.07. The maximum absolute atomic E-state index is 12.8. The molecule has 0 aliphatic heterocycles. The fourth-order valence-electron chi connectivity index (χ4n) is 3.39. The number of nitrogen functional groups attached to an aromatic ring is 1. The van der Waals surface area contributed by atoms with Crippen molar-refractivity contribution in [1.82, 2.24) is 24.3 Å². The summed E-state index contributed by atoms with van der Waals surface area (Å²) in [4.78, 5) is 37.7. The highest BCUT2D eigenvalue weighted by Gasteiger charge is 2.18. The lowest BCUT2D eigenvalue weighted by atomic mass is 10.3. The summed E-state index contributed by atoms with van der Waals surface area (Å²) in [6, 6.07) is 4.67. The van der Waals surface area contributed by atoms with Gasteiger partial charge in [-0.05, 0) is 18.2 Å². The fourth-order valence-corrected chi connectivity index (χ4v) is 3.39. The summed E-state index contributed by atoms with van der Waals surface area (Å²) in [7, 11) is 5.08. The van der Waals surface area contributed by atoms with Crippen molar-refractivity contribution in [3.8, 4) is 0 Å². The minimum absolute atomic E-state index is 0. The Morgan fingerprint density at radius 2 is 1.17 bits per heavy atom. The molecule has 0 radical (unpaired) electrons. The third kappa shape index (κ3) is 7.20. The Morgan fingerprint density at radius 1 is 0.750 bits per heavy atom. The van der Waals surface area contributed by atoms with E-state index in [9.17, 15) is 14.4 Å². The Bertz CT molecular complexity index is 1260. The molecule has 0 fully saturated rings. The van der Waals surface area contributed by atoms with Gasteiger partial charge in [0.05, 0.1) is 17.1 Å². The lowest BCUT2D eigenvalue weighted by Gasteiger charge is -2.06. The number of carbonyl (C=O) groups excluding carboxylic acids is 3. The van der Waals surface area contributed by atoms with Gasteiger partial charge in [-0.25, -0.2) is 0 Å². The van der Waals surface area contributed by atoms with Crippen LogP contribution in [-0.2, 0) is 21.1 Å². The first kappa shape index (κ1) is 29.9. The summed E-state index contributed by atoms with van der Waals surface area (Å²) < 4.78 is 4.79. The third-order valence-corrected chi connectivity index (χ3v) is 4.98. The van der Waals surface area contributed by atoms with Crippen molar-refractivity contribution in [3.05, 3.63) is 53.9 Å². The molecule has 3 heterocycles. The van der Waals surface area contributed by atoms with Crippen LogP contribution in [-0.4, -0.2) is 50.5 Å². The molecule has 36 heavy (non-hydrogen) atoms. The molecular weight excluding hydrogens is 511 g/mol. The van der Waals surface area contributed by atoms with E-state index < -0.39 is 5.91 Å². The van der Waals surface area contributed by atoms with Crippen molar-refractivity contribution >= 4 is 65.6 Å². The van der Waals surface area contributed by atoms with Gasteiger partial charge in [0.1, 0.15) is 17.1 Å². The van der Waals surface area contributed by atoms with Gasteiger partial charge in [0.15, 0.2) is 5.96 Å². The van der Waals surface area contributed by atoms with Crippen molar-refractivity contribution in [2.75, 3.05) is 29.5 Å². The summed E-state index contributed by atoms with van der Waals surface area (Å²) >= 11 is 0. The number of guanidine groups is 1. The second-order valence-electron chi connectivity index (χ2n) is 7.72. The lowest BCUT2D eigenvalue weighted by molar-refractivity contribution is 0.0944. The van der Waals surface area contributed by atoms with E-state index in [1.165, 1.54) is 0 Å². The molecule has 3 aromatic rings.